The average Bonchev–Trinajstić information content (AvgIpc) is 3.31. The number of aromatic nitrogens is 2. The molecule has 1 aromatic rings. The lowest BCUT2D eigenvalue weighted by Gasteiger charge is -2.36. The predicted molar refractivity (Wildman–Crippen MR) is 79.3 cm³/mol. The number of nitrogens with zero attached hydrogens (tertiary/aromatic N) is 1. The Labute approximate surface area is 132 Å². The summed E-state index contributed by atoms with van der Waals surface area (Å²) >= 11 is 0. The highest BCUT2D eigenvalue weighted by Crippen LogP contribution is 2.37. The summed E-state index contributed by atoms with van der Waals surface area (Å²) in [6, 6.07) is 1.15. The first-order valence-corrected chi connectivity index (χ1v) is 7.71. The normalized spacial score (nSPS) is 20.0. The van der Waals surface area contributed by atoms with E-state index in [0.29, 0.717) is 31.9 Å². The maximum atomic E-state index is 12.5. The number of hydrogen-bond donors (Lipinski definition) is 3. The summed E-state index contributed by atoms with van der Waals surface area (Å²) in [6.45, 7) is 0.785. The van der Waals surface area contributed by atoms with E-state index in [2.05, 4.69) is 15.3 Å². The fourth-order valence-corrected chi connectivity index (χ4v) is 2.85. The van der Waals surface area contributed by atoms with Gasteiger partial charge < -0.3 is 20.1 Å². The molecule has 124 valence electrons. The molecule has 0 atom stereocenters. The van der Waals surface area contributed by atoms with Gasteiger partial charge in [-0.05, 0) is 25.7 Å². The summed E-state index contributed by atoms with van der Waals surface area (Å²) in [6.07, 6.45) is 2.57. The van der Waals surface area contributed by atoms with Gasteiger partial charge in [0.1, 0.15) is 11.5 Å². The highest BCUT2D eigenvalue weighted by molar-refractivity contribution is 5.93. The van der Waals surface area contributed by atoms with Crippen molar-refractivity contribution >= 4 is 11.9 Å². The number of carboxylic acids is 1. The zero-order chi connectivity index (χ0) is 16.4. The molecule has 23 heavy (non-hydrogen) atoms. The van der Waals surface area contributed by atoms with E-state index in [4.69, 9.17) is 9.84 Å². The molecule has 0 radical (unpaired) electrons. The van der Waals surface area contributed by atoms with E-state index < -0.39 is 17.4 Å². The number of H-pyrrole nitrogens is 1. The van der Waals surface area contributed by atoms with Crippen LogP contribution in [0.25, 0.3) is 0 Å². The van der Waals surface area contributed by atoms with E-state index in [0.717, 1.165) is 18.9 Å². The molecule has 2 aliphatic rings. The van der Waals surface area contributed by atoms with Crippen molar-refractivity contribution in [1.82, 2.24) is 15.3 Å². The van der Waals surface area contributed by atoms with Gasteiger partial charge in [0.15, 0.2) is 0 Å². The first-order valence-electron chi connectivity index (χ1n) is 7.71. The van der Waals surface area contributed by atoms with Crippen LogP contribution in [0.1, 0.15) is 54.3 Å². The minimum atomic E-state index is -0.982. The number of carbonyl (C=O) groups excluding carboxylic acids is 1. The second-order valence-corrected chi connectivity index (χ2v) is 6.21. The number of nitrogens with one attached hydrogen (secondary N) is 2. The van der Waals surface area contributed by atoms with Gasteiger partial charge in [-0.15, -0.1) is 0 Å². The summed E-state index contributed by atoms with van der Waals surface area (Å²) in [7, 11) is 0. The smallest absolute Gasteiger partial charge is 0.305 e. The molecule has 0 unspecified atom stereocenters. The summed E-state index contributed by atoms with van der Waals surface area (Å²) in [5, 5.41) is 11.9. The van der Waals surface area contributed by atoms with Crippen LogP contribution < -0.4 is 10.9 Å². The third-order valence-corrected chi connectivity index (χ3v) is 4.27. The Hall–Kier alpha value is -2.22. The molecule has 1 amide bonds. The first-order chi connectivity index (χ1) is 11.0. The number of rotatable bonds is 5. The highest BCUT2D eigenvalue weighted by Gasteiger charge is 2.37. The number of carboxylic acid groups (broad SMARTS) is 1. The van der Waals surface area contributed by atoms with Crippen LogP contribution in [0, 0.1) is 0 Å². The average molecular weight is 321 g/mol. The van der Waals surface area contributed by atoms with Gasteiger partial charge in [0.25, 0.3) is 11.5 Å². The van der Waals surface area contributed by atoms with E-state index in [1.807, 2.05) is 0 Å². The molecular formula is C15H19N3O5. The van der Waals surface area contributed by atoms with Gasteiger partial charge in [-0.2, -0.15) is 0 Å². The molecule has 1 aliphatic heterocycles. The van der Waals surface area contributed by atoms with Crippen molar-refractivity contribution in [3.8, 4) is 0 Å². The molecule has 3 rings (SSSR count). The van der Waals surface area contributed by atoms with Gasteiger partial charge in [-0.3, -0.25) is 14.4 Å². The molecule has 0 bridgehead atoms. The molecule has 1 saturated heterocycles. The zero-order valence-corrected chi connectivity index (χ0v) is 12.6. The van der Waals surface area contributed by atoms with Crippen molar-refractivity contribution < 1.29 is 19.4 Å². The fourth-order valence-electron chi connectivity index (χ4n) is 2.85. The standard InChI is InChI=1S/C15H19N3O5/c19-11-7-10(16-13(17-11)9-1-2-9)14(22)18-15(8-12(20)21)3-5-23-6-4-15/h7,9H,1-6,8H2,(H,18,22)(H,20,21)(H,16,17,19). The Morgan fingerprint density at radius 3 is 2.70 bits per heavy atom. The summed E-state index contributed by atoms with van der Waals surface area (Å²) in [5.74, 6) is -0.751. The number of ether oxygens (including phenoxy) is 1. The molecule has 8 heteroatoms. The zero-order valence-electron chi connectivity index (χ0n) is 12.6. The van der Waals surface area contributed by atoms with E-state index in [1.54, 1.807) is 0 Å². The molecule has 0 spiro atoms. The number of hydrogen-bond acceptors (Lipinski definition) is 5. The molecule has 1 saturated carbocycles. The number of carbonyl (C=O) groups is 2. The third kappa shape index (κ3) is 3.76. The Kier molecular flexibility index (Phi) is 4.16. The minimum Gasteiger partial charge on any atom is -0.481 e. The second kappa shape index (κ2) is 6.11. The SMILES string of the molecule is O=C(O)CC1(NC(=O)c2cc(=O)[nH]c(C3CC3)n2)CCOCC1. The van der Waals surface area contributed by atoms with Gasteiger partial charge in [-0.25, -0.2) is 4.98 Å². The monoisotopic (exact) mass is 321 g/mol. The molecule has 2 heterocycles. The first kappa shape index (κ1) is 15.7. The van der Waals surface area contributed by atoms with Gasteiger partial charge >= 0.3 is 5.97 Å². The summed E-state index contributed by atoms with van der Waals surface area (Å²) in [4.78, 5) is 42.2. The Bertz CT molecular complexity index is 674. The quantitative estimate of drug-likeness (QED) is 0.722. The van der Waals surface area contributed by atoms with Crippen molar-refractivity contribution in [2.24, 2.45) is 0 Å². The van der Waals surface area contributed by atoms with Crippen molar-refractivity contribution in [2.75, 3.05) is 13.2 Å². The van der Waals surface area contributed by atoms with Crippen LogP contribution in [0.3, 0.4) is 0 Å². The second-order valence-electron chi connectivity index (χ2n) is 6.21. The largest absolute Gasteiger partial charge is 0.481 e. The molecule has 2 fully saturated rings. The van der Waals surface area contributed by atoms with Crippen LogP contribution in [0.4, 0.5) is 0 Å². The Morgan fingerprint density at radius 2 is 2.09 bits per heavy atom. The topological polar surface area (TPSA) is 121 Å². The summed E-state index contributed by atoms with van der Waals surface area (Å²) < 4.78 is 5.26. The lowest BCUT2D eigenvalue weighted by Crippen LogP contribution is -2.53. The number of amides is 1. The summed E-state index contributed by atoms with van der Waals surface area (Å²) in [5.41, 5.74) is -1.19. The maximum Gasteiger partial charge on any atom is 0.305 e. The molecule has 1 aromatic heterocycles. The maximum absolute atomic E-state index is 12.5. The Morgan fingerprint density at radius 1 is 1.39 bits per heavy atom. The van der Waals surface area contributed by atoms with E-state index in [-0.39, 0.29) is 23.6 Å². The molecule has 8 nitrogen and oxygen atoms in total. The number of aliphatic carboxylic acids is 1. The van der Waals surface area contributed by atoms with E-state index in [1.165, 1.54) is 0 Å². The van der Waals surface area contributed by atoms with Crippen LogP contribution in [-0.2, 0) is 9.53 Å². The van der Waals surface area contributed by atoms with Gasteiger partial charge in [-0.1, -0.05) is 0 Å². The van der Waals surface area contributed by atoms with Crippen LogP contribution in [0.5, 0.6) is 0 Å². The van der Waals surface area contributed by atoms with E-state index in [9.17, 15) is 14.4 Å². The fraction of sp³-hybridized carbons (Fsp3) is 0.600. The van der Waals surface area contributed by atoms with Crippen LogP contribution in [-0.4, -0.2) is 45.7 Å². The van der Waals surface area contributed by atoms with Crippen molar-refractivity contribution in [2.45, 2.75) is 43.6 Å². The van der Waals surface area contributed by atoms with Crippen LogP contribution in [0.2, 0.25) is 0 Å². The molecule has 1 aliphatic carbocycles. The molecular weight excluding hydrogens is 302 g/mol. The van der Waals surface area contributed by atoms with Gasteiger partial charge in [0.2, 0.25) is 0 Å². The minimum absolute atomic E-state index is 0.0342. The van der Waals surface area contributed by atoms with Gasteiger partial charge in [0, 0.05) is 25.2 Å². The van der Waals surface area contributed by atoms with Crippen molar-refractivity contribution in [3.05, 3.63) is 27.9 Å². The molecule has 3 N–H and O–H groups in total. The third-order valence-electron chi connectivity index (χ3n) is 4.27. The van der Waals surface area contributed by atoms with Crippen molar-refractivity contribution in [1.29, 1.82) is 0 Å². The van der Waals surface area contributed by atoms with Crippen LogP contribution >= 0.6 is 0 Å². The highest BCUT2D eigenvalue weighted by atomic mass is 16.5. The van der Waals surface area contributed by atoms with Crippen molar-refractivity contribution in [3.63, 3.8) is 0 Å². The predicted octanol–water partition coefficient (Wildman–Crippen LogP) is 0.401. The van der Waals surface area contributed by atoms with Gasteiger partial charge in [0.05, 0.1) is 12.0 Å². The number of aromatic amines is 1. The lowest BCUT2D eigenvalue weighted by molar-refractivity contribution is -0.139. The lowest BCUT2D eigenvalue weighted by atomic mass is 9.86. The van der Waals surface area contributed by atoms with E-state index >= 15 is 0 Å². The molecule has 0 aromatic carbocycles. The Balaban J connectivity index is 1.81. The van der Waals surface area contributed by atoms with Crippen LogP contribution in [0.15, 0.2) is 10.9 Å².